The minimum atomic E-state index is -2.68. The SMILES string of the molecule is CC.COc1cc(-c2ccc(Cl)c(C)c2)ccc1-n1c(=O)ccc2cc(S(=O)Oc3c(F)c(F)c(F)c(F)c3F)ccc21. The number of halogens is 6. The monoisotopic (exact) mass is 635 g/mol. The Morgan fingerprint density at radius 3 is 2.00 bits per heavy atom. The van der Waals surface area contributed by atoms with Gasteiger partial charge in [-0.3, -0.25) is 9.36 Å². The minimum Gasteiger partial charge on any atom is -0.495 e. The number of hydrogen-bond acceptors (Lipinski definition) is 4. The second kappa shape index (κ2) is 13.0. The van der Waals surface area contributed by atoms with E-state index in [2.05, 4.69) is 4.18 Å². The highest BCUT2D eigenvalue weighted by molar-refractivity contribution is 7.80. The molecular weight excluding hydrogens is 613 g/mol. The van der Waals surface area contributed by atoms with E-state index in [9.17, 15) is 31.0 Å². The fourth-order valence-corrected chi connectivity index (χ4v) is 5.14. The molecule has 0 fully saturated rings. The van der Waals surface area contributed by atoms with Crippen molar-refractivity contribution < 1.29 is 35.1 Å². The van der Waals surface area contributed by atoms with Crippen molar-refractivity contribution in [3.05, 3.63) is 117 Å². The van der Waals surface area contributed by atoms with Gasteiger partial charge in [-0.25, -0.2) is 17.4 Å². The van der Waals surface area contributed by atoms with Crippen molar-refractivity contribution in [2.45, 2.75) is 25.7 Å². The molecule has 224 valence electrons. The molecule has 1 aromatic heterocycles. The van der Waals surface area contributed by atoms with Crippen molar-refractivity contribution in [2.75, 3.05) is 7.11 Å². The maximum atomic E-state index is 14.0. The zero-order chi connectivity index (χ0) is 31.6. The molecule has 1 atom stereocenters. The van der Waals surface area contributed by atoms with Gasteiger partial charge in [0.25, 0.3) is 5.56 Å². The Bertz CT molecular complexity index is 1920. The second-order valence-corrected chi connectivity index (χ2v) is 10.3. The highest BCUT2D eigenvalue weighted by Crippen LogP contribution is 2.34. The number of aromatic nitrogens is 1. The molecule has 0 spiro atoms. The van der Waals surface area contributed by atoms with Crippen LogP contribution >= 0.6 is 11.6 Å². The van der Waals surface area contributed by atoms with E-state index in [4.69, 9.17) is 16.3 Å². The van der Waals surface area contributed by atoms with E-state index in [-0.39, 0.29) is 4.90 Å². The van der Waals surface area contributed by atoms with Crippen LogP contribution in [-0.2, 0) is 11.1 Å². The fourth-order valence-electron chi connectivity index (χ4n) is 4.22. The van der Waals surface area contributed by atoms with E-state index in [1.165, 1.54) is 42.0 Å². The van der Waals surface area contributed by atoms with Crippen LogP contribution in [0.2, 0.25) is 5.02 Å². The lowest BCUT2D eigenvalue weighted by atomic mass is 10.0. The van der Waals surface area contributed by atoms with Crippen molar-refractivity contribution in [1.82, 2.24) is 4.57 Å². The molecule has 4 aromatic carbocycles. The number of fused-ring (bicyclic) bond motifs is 1. The molecule has 0 saturated carbocycles. The Labute approximate surface area is 250 Å². The van der Waals surface area contributed by atoms with Crippen molar-refractivity contribution in [1.29, 1.82) is 0 Å². The van der Waals surface area contributed by atoms with Crippen LogP contribution in [0.1, 0.15) is 19.4 Å². The van der Waals surface area contributed by atoms with E-state index < -0.39 is 51.5 Å². The Hall–Kier alpha value is -4.22. The number of aryl methyl sites for hydroxylation is 1. The summed E-state index contributed by atoms with van der Waals surface area (Å²) in [5.41, 5.74) is 2.89. The van der Waals surface area contributed by atoms with Crippen LogP contribution in [0.4, 0.5) is 22.0 Å². The van der Waals surface area contributed by atoms with Gasteiger partial charge >= 0.3 is 0 Å². The second-order valence-electron chi connectivity index (χ2n) is 8.80. The first-order valence-electron chi connectivity index (χ1n) is 12.7. The molecule has 5 nitrogen and oxygen atoms in total. The van der Waals surface area contributed by atoms with E-state index >= 15 is 0 Å². The highest BCUT2D eigenvalue weighted by Gasteiger charge is 2.29. The Balaban J connectivity index is 0.00000207. The molecule has 1 unspecified atom stereocenters. The molecule has 0 aliphatic carbocycles. The predicted molar refractivity (Wildman–Crippen MR) is 156 cm³/mol. The number of methoxy groups -OCH3 is 1. The topological polar surface area (TPSA) is 57.5 Å². The summed E-state index contributed by atoms with van der Waals surface area (Å²) < 4.78 is 92.8. The summed E-state index contributed by atoms with van der Waals surface area (Å²) in [7, 11) is 1.45. The maximum absolute atomic E-state index is 14.0. The third kappa shape index (κ3) is 6.00. The molecule has 12 heteroatoms. The average molecular weight is 636 g/mol. The summed E-state index contributed by atoms with van der Waals surface area (Å²) in [6.45, 7) is 5.88. The number of nitrogens with zero attached hydrogens (tertiary/aromatic N) is 1. The van der Waals surface area contributed by atoms with E-state index in [0.29, 0.717) is 27.4 Å². The number of pyridine rings is 1. The van der Waals surface area contributed by atoms with Gasteiger partial charge in [0.15, 0.2) is 0 Å². The van der Waals surface area contributed by atoms with Gasteiger partial charge in [0.2, 0.25) is 45.9 Å². The lowest BCUT2D eigenvalue weighted by molar-refractivity contribution is 0.352. The summed E-state index contributed by atoms with van der Waals surface area (Å²) in [5, 5.41) is 0.980. The van der Waals surface area contributed by atoms with Gasteiger partial charge in [-0.15, -0.1) is 0 Å². The molecule has 0 aliphatic heterocycles. The number of hydrogen-bond donors (Lipinski definition) is 0. The number of rotatable bonds is 6. The van der Waals surface area contributed by atoms with Crippen LogP contribution in [0.5, 0.6) is 11.5 Å². The average Bonchev–Trinajstić information content (AvgIpc) is 3.03. The number of benzene rings is 4. The van der Waals surface area contributed by atoms with Gasteiger partial charge < -0.3 is 8.92 Å². The van der Waals surface area contributed by atoms with Crippen LogP contribution in [0, 0.1) is 36.0 Å². The summed E-state index contributed by atoms with van der Waals surface area (Å²) in [6.07, 6.45) is 0. The molecule has 0 amide bonds. The zero-order valence-electron chi connectivity index (χ0n) is 23.1. The van der Waals surface area contributed by atoms with E-state index in [1.807, 2.05) is 32.9 Å². The summed E-state index contributed by atoms with van der Waals surface area (Å²) in [6, 6.07) is 17.4. The normalized spacial score (nSPS) is 11.6. The fraction of sp³-hybridized carbons (Fsp3) is 0.129. The first-order chi connectivity index (χ1) is 20.5. The molecule has 43 heavy (non-hydrogen) atoms. The first-order valence-corrected chi connectivity index (χ1v) is 14.2. The summed E-state index contributed by atoms with van der Waals surface area (Å²) >= 11 is 3.46. The highest BCUT2D eigenvalue weighted by atomic mass is 35.5. The van der Waals surface area contributed by atoms with Gasteiger partial charge in [0.05, 0.1) is 23.2 Å². The third-order valence-corrected chi connectivity index (χ3v) is 7.68. The molecule has 5 aromatic rings. The van der Waals surface area contributed by atoms with Crippen molar-refractivity contribution >= 4 is 33.6 Å². The molecule has 0 bridgehead atoms. The molecular formula is C31H23ClF5NO4S. The quantitative estimate of drug-likeness (QED) is 0.107. The lowest BCUT2D eigenvalue weighted by Gasteiger charge is -2.16. The summed E-state index contributed by atoms with van der Waals surface area (Å²) in [4.78, 5) is 12.8. The van der Waals surface area contributed by atoms with Crippen LogP contribution in [0.25, 0.3) is 27.7 Å². The van der Waals surface area contributed by atoms with Gasteiger partial charge in [-0.05, 0) is 72.1 Å². The minimum absolute atomic E-state index is 0.160. The third-order valence-electron chi connectivity index (χ3n) is 6.30. The molecule has 1 heterocycles. The lowest BCUT2D eigenvalue weighted by Crippen LogP contribution is -2.18. The van der Waals surface area contributed by atoms with Crippen molar-refractivity contribution in [2.24, 2.45) is 0 Å². The predicted octanol–water partition coefficient (Wildman–Crippen LogP) is 8.45. The van der Waals surface area contributed by atoms with Crippen LogP contribution in [0.3, 0.4) is 0 Å². The largest absolute Gasteiger partial charge is 0.495 e. The molecule has 0 N–H and O–H groups in total. The standard InChI is InChI=1S/C29H17ClF5NO4S.C2H6/c1-14-11-15(3-7-19(14)30)16-4-8-21(22(13-16)39-2)36-20-9-6-18(12-17(20)5-10-23(36)37)41(38)40-29-27(34)25(32)24(31)26(33)28(29)35;1-2/h3-13H,1-2H3;1-2H3. The molecule has 5 rings (SSSR count). The maximum Gasteiger partial charge on any atom is 0.255 e. The van der Waals surface area contributed by atoms with Gasteiger partial charge in [-0.2, -0.15) is 8.78 Å². The van der Waals surface area contributed by atoms with Crippen LogP contribution < -0.4 is 14.5 Å². The van der Waals surface area contributed by atoms with Gasteiger partial charge in [0, 0.05) is 16.5 Å². The first kappa shape index (κ1) is 31.7. The molecule has 0 aliphatic rings. The Morgan fingerprint density at radius 1 is 0.767 bits per heavy atom. The van der Waals surface area contributed by atoms with Crippen molar-refractivity contribution in [3.8, 4) is 28.3 Å². The van der Waals surface area contributed by atoms with Gasteiger partial charge in [0.1, 0.15) is 5.75 Å². The van der Waals surface area contributed by atoms with E-state index in [0.717, 1.165) is 16.7 Å². The van der Waals surface area contributed by atoms with Crippen molar-refractivity contribution in [3.63, 3.8) is 0 Å². The Kier molecular flexibility index (Phi) is 9.56. The summed E-state index contributed by atoms with van der Waals surface area (Å²) in [5.74, 6) is -12.7. The smallest absolute Gasteiger partial charge is 0.255 e. The van der Waals surface area contributed by atoms with Crippen LogP contribution in [0.15, 0.2) is 76.4 Å². The zero-order valence-corrected chi connectivity index (χ0v) is 24.7. The number of ether oxygens (including phenoxy) is 1. The van der Waals surface area contributed by atoms with Crippen LogP contribution in [-0.4, -0.2) is 15.9 Å². The van der Waals surface area contributed by atoms with E-state index in [1.54, 1.807) is 24.3 Å². The molecule has 0 saturated heterocycles. The molecule has 0 radical (unpaired) electrons. The van der Waals surface area contributed by atoms with Gasteiger partial charge in [-0.1, -0.05) is 37.6 Å². The Morgan fingerprint density at radius 2 is 1.37 bits per heavy atom.